The minimum absolute atomic E-state index is 0.0294. The summed E-state index contributed by atoms with van der Waals surface area (Å²) in [6.07, 6.45) is 4.80. The topological polar surface area (TPSA) is 67.0 Å². The first-order chi connectivity index (χ1) is 9.26. The van der Waals surface area contributed by atoms with Crippen molar-refractivity contribution in [2.45, 2.75) is 31.4 Å². The molecule has 1 aromatic heterocycles. The molecule has 1 fully saturated rings. The summed E-state index contributed by atoms with van der Waals surface area (Å²) in [7, 11) is 1.72. The molecule has 0 aliphatic heterocycles. The quantitative estimate of drug-likeness (QED) is 0.884. The molecule has 1 aliphatic carbocycles. The molecule has 0 bridgehead atoms. The second kappa shape index (κ2) is 5.01. The molecule has 1 aliphatic rings. The Labute approximate surface area is 111 Å². The van der Waals surface area contributed by atoms with E-state index in [4.69, 9.17) is 4.74 Å². The number of imidazole rings is 1. The van der Waals surface area contributed by atoms with Gasteiger partial charge in [0.1, 0.15) is 0 Å². The van der Waals surface area contributed by atoms with Crippen LogP contribution in [0.3, 0.4) is 0 Å². The lowest BCUT2D eigenvalue weighted by molar-refractivity contribution is 0.0915. The molecule has 1 saturated carbocycles. The van der Waals surface area contributed by atoms with Gasteiger partial charge in [-0.2, -0.15) is 0 Å². The van der Waals surface area contributed by atoms with E-state index in [0.29, 0.717) is 5.56 Å². The Morgan fingerprint density at radius 1 is 1.47 bits per heavy atom. The average molecular weight is 259 g/mol. The summed E-state index contributed by atoms with van der Waals surface area (Å²) in [5, 5.41) is 3.06. The summed E-state index contributed by atoms with van der Waals surface area (Å²) in [6, 6.07) is 5.71. The molecule has 5 nitrogen and oxygen atoms in total. The van der Waals surface area contributed by atoms with E-state index in [9.17, 15) is 4.79 Å². The SMILES string of the molecule is COC1CCC(NC(=O)c2ccc3nc[nH]c3c2)C1. The van der Waals surface area contributed by atoms with E-state index in [-0.39, 0.29) is 18.1 Å². The van der Waals surface area contributed by atoms with E-state index in [1.54, 1.807) is 19.5 Å². The fourth-order valence-electron chi connectivity index (χ4n) is 2.63. The number of carbonyl (C=O) groups excluding carboxylic acids is 1. The highest BCUT2D eigenvalue weighted by atomic mass is 16.5. The number of benzene rings is 1. The Bertz CT molecular complexity index is 593. The minimum Gasteiger partial charge on any atom is -0.381 e. The summed E-state index contributed by atoms with van der Waals surface area (Å²) < 4.78 is 5.31. The number of nitrogens with one attached hydrogen (secondary N) is 2. The zero-order valence-electron chi connectivity index (χ0n) is 10.8. The van der Waals surface area contributed by atoms with Crippen LogP contribution < -0.4 is 5.32 Å². The van der Waals surface area contributed by atoms with Crippen LogP contribution in [0.15, 0.2) is 24.5 Å². The summed E-state index contributed by atoms with van der Waals surface area (Å²) in [5.74, 6) is -0.0294. The van der Waals surface area contributed by atoms with Crippen LogP contribution in [0, 0.1) is 0 Å². The summed E-state index contributed by atoms with van der Waals surface area (Å²) >= 11 is 0. The number of methoxy groups -OCH3 is 1. The molecule has 3 rings (SSSR count). The van der Waals surface area contributed by atoms with Crippen molar-refractivity contribution >= 4 is 16.9 Å². The Morgan fingerprint density at radius 2 is 2.37 bits per heavy atom. The van der Waals surface area contributed by atoms with Crippen LogP contribution in [0.25, 0.3) is 11.0 Å². The van der Waals surface area contributed by atoms with Crippen molar-refractivity contribution in [3.63, 3.8) is 0 Å². The molecule has 1 amide bonds. The van der Waals surface area contributed by atoms with Crippen molar-refractivity contribution < 1.29 is 9.53 Å². The minimum atomic E-state index is -0.0294. The van der Waals surface area contributed by atoms with Gasteiger partial charge < -0.3 is 15.0 Å². The Balaban J connectivity index is 1.69. The van der Waals surface area contributed by atoms with E-state index >= 15 is 0 Å². The zero-order valence-corrected chi connectivity index (χ0v) is 10.8. The first-order valence-corrected chi connectivity index (χ1v) is 6.53. The van der Waals surface area contributed by atoms with E-state index in [2.05, 4.69) is 15.3 Å². The van der Waals surface area contributed by atoms with Gasteiger partial charge in [-0.25, -0.2) is 4.98 Å². The predicted octanol–water partition coefficient (Wildman–Crippen LogP) is 1.86. The smallest absolute Gasteiger partial charge is 0.251 e. The zero-order chi connectivity index (χ0) is 13.2. The molecule has 0 spiro atoms. The monoisotopic (exact) mass is 259 g/mol. The molecular formula is C14H17N3O2. The van der Waals surface area contributed by atoms with Crippen molar-refractivity contribution in [3.05, 3.63) is 30.1 Å². The maximum absolute atomic E-state index is 12.2. The van der Waals surface area contributed by atoms with Gasteiger partial charge in [-0.3, -0.25) is 4.79 Å². The molecule has 2 aromatic rings. The van der Waals surface area contributed by atoms with E-state index < -0.39 is 0 Å². The number of H-pyrrole nitrogens is 1. The van der Waals surface area contributed by atoms with Gasteiger partial charge in [-0.15, -0.1) is 0 Å². The van der Waals surface area contributed by atoms with Crippen LogP contribution in [0.1, 0.15) is 29.6 Å². The number of rotatable bonds is 3. The van der Waals surface area contributed by atoms with Gasteiger partial charge in [0, 0.05) is 18.7 Å². The summed E-state index contributed by atoms with van der Waals surface area (Å²) in [6.45, 7) is 0. The molecule has 1 aromatic carbocycles. The highest BCUT2D eigenvalue weighted by Gasteiger charge is 2.25. The van der Waals surface area contributed by atoms with Crippen LogP contribution in [0.4, 0.5) is 0 Å². The van der Waals surface area contributed by atoms with Gasteiger partial charge in [0.05, 0.1) is 23.5 Å². The second-order valence-electron chi connectivity index (χ2n) is 4.98. The number of carbonyl (C=O) groups is 1. The fraction of sp³-hybridized carbons (Fsp3) is 0.429. The van der Waals surface area contributed by atoms with Crippen molar-refractivity contribution in [1.82, 2.24) is 15.3 Å². The highest BCUT2D eigenvalue weighted by molar-refractivity contribution is 5.97. The Kier molecular flexibility index (Phi) is 3.21. The molecule has 19 heavy (non-hydrogen) atoms. The molecule has 100 valence electrons. The molecule has 2 unspecified atom stereocenters. The molecule has 5 heteroatoms. The lowest BCUT2D eigenvalue weighted by Crippen LogP contribution is -2.33. The highest BCUT2D eigenvalue weighted by Crippen LogP contribution is 2.22. The molecule has 2 N–H and O–H groups in total. The van der Waals surface area contributed by atoms with Crippen molar-refractivity contribution in [3.8, 4) is 0 Å². The van der Waals surface area contributed by atoms with Crippen molar-refractivity contribution in [1.29, 1.82) is 0 Å². The molecule has 1 heterocycles. The number of nitrogens with zero attached hydrogens (tertiary/aromatic N) is 1. The Hall–Kier alpha value is -1.88. The Morgan fingerprint density at radius 3 is 3.16 bits per heavy atom. The van der Waals surface area contributed by atoms with Crippen LogP contribution >= 0.6 is 0 Å². The lowest BCUT2D eigenvalue weighted by Gasteiger charge is -2.12. The van der Waals surface area contributed by atoms with Crippen LogP contribution in [0.5, 0.6) is 0 Å². The number of hydrogen-bond donors (Lipinski definition) is 2. The van der Waals surface area contributed by atoms with Crippen LogP contribution in [0.2, 0.25) is 0 Å². The lowest BCUT2D eigenvalue weighted by atomic mass is 10.1. The van der Waals surface area contributed by atoms with Crippen molar-refractivity contribution in [2.24, 2.45) is 0 Å². The van der Waals surface area contributed by atoms with Gasteiger partial charge in [0.2, 0.25) is 0 Å². The maximum Gasteiger partial charge on any atom is 0.251 e. The fourth-order valence-corrected chi connectivity index (χ4v) is 2.63. The average Bonchev–Trinajstić information content (AvgIpc) is 3.05. The maximum atomic E-state index is 12.2. The summed E-state index contributed by atoms with van der Waals surface area (Å²) in [5.41, 5.74) is 2.42. The second-order valence-corrected chi connectivity index (χ2v) is 4.98. The first kappa shape index (κ1) is 12.2. The largest absolute Gasteiger partial charge is 0.381 e. The number of hydrogen-bond acceptors (Lipinski definition) is 3. The number of fused-ring (bicyclic) bond motifs is 1. The van der Waals surface area contributed by atoms with Crippen LogP contribution in [-0.4, -0.2) is 35.1 Å². The van der Waals surface area contributed by atoms with E-state index in [0.717, 1.165) is 30.3 Å². The first-order valence-electron chi connectivity index (χ1n) is 6.53. The number of amides is 1. The van der Waals surface area contributed by atoms with Crippen molar-refractivity contribution in [2.75, 3.05) is 7.11 Å². The molecule has 0 radical (unpaired) electrons. The normalized spacial score (nSPS) is 22.8. The standard InChI is InChI=1S/C14H17N3O2/c1-19-11-4-3-10(7-11)17-14(18)9-2-5-12-13(6-9)16-8-15-12/h2,5-6,8,10-11H,3-4,7H2,1H3,(H,15,16)(H,17,18). The van der Waals surface area contributed by atoms with Gasteiger partial charge in [0.15, 0.2) is 0 Å². The third kappa shape index (κ3) is 2.46. The number of ether oxygens (including phenoxy) is 1. The molecular weight excluding hydrogens is 242 g/mol. The van der Waals surface area contributed by atoms with Gasteiger partial charge in [-0.05, 0) is 37.5 Å². The van der Waals surface area contributed by atoms with Gasteiger partial charge in [0.25, 0.3) is 5.91 Å². The van der Waals surface area contributed by atoms with Gasteiger partial charge >= 0.3 is 0 Å². The van der Waals surface area contributed by atoms with Crippen LogP contribution in [-0.2, 0) is 4.74 Å². The third-order valence-electron chi connectivity index (χ3n) is 3.74. The third-order valence-corrected chi connectivity index (χ3v) is 3.74. The van der Waals surface area contributed by atoms with Gasteiger partial charge in [-0.1, -0.05) is 0 Å². The summed E-state index contributed by atoms with van der Waals surface area (Å²) in [4.78, 5) is 19.3. The molecule has 2 atom stereocenters. The van der Waals surface area contributed by atoms with E-state index in [1.165, 1.54) is 0 Å². The number of aromatic amines is 1. The van der Waals surface area contributed by atoms with E-state index in [1.807, 2.05) is 12.1 Å². The predicted molar refractivity (Wildman–Crippen MR) is 72.0 cm³/mol. The number of aromatic nitrogens is 2. The molecule has 0 saturated heterocycles.